The molecular formula is C12H15FN2O2. The van der Waals surface area contributed by atoms with E-state index in [-0.39, 0.29) is 18.7 Å². The summed E-state index contributed by atoms with van der Waals surface area (Å²) in [5, 5.41) is 9.94. The second-order valence-electron chi connectivity index (χ2n) is 4.48. The van der Waals surface area contributed by atoms with Gasteiger partial charge < -0.3 is 10.0 Å². The summed E-state index contributed by atoms with van der Waals surface area (Å²) in [5.74, 6) is -1.17. The molecule has 1 N–H and O–H groups in total. The summed E-state index contributed by atoms with van der Waals surface area (Å²) >= 11 is 0. The summed E-state index contributed by atoms with van der Waals surface area (Å²) in [6.07, 6.45) is 2.82. The first-order chi connectivity index (χ1) is 8.06. The van der Waals surface area contributed by atoms with E-state index in [0.717, 1.165) is 6.42 Å². The third-order valence-corrected chi connectivity index (χ3v) is 2.96. The smallest absolute Gasteiger partial charge is 0.258 e. The Labute approximate surface area is 99.1 Å². The lowest BCUT2D eigenvalue weighted by molar-refractivity contribution is -0.0861. The third kappa shape index (κ3) is 2.29. The van der Waals surface area contributed by atoms with E-state index in [1.165, 1.54) is 23.2 Å². The van der Waals surface area contributed by atoms with Crippen LogP contribution in [0.25, 0.3) is 0 Å². The molecule has 0 unspecified atom stereocenters. The lowest BCUT2D eigenvalue weighted by Gasteiger charge is -2.46. The van der Waals surface area contributed by atoms with E-state index in [9.17, 15) is 14.3 Å². The van der Waals surface area contributed by atoms with Gasteiger partial charge in [-0.05, 0) is 18.6 Å². The number of halogens is 1. The number of likely N-dealkylation sites (tertiary alicyclic amines) is 1. The number of carbonyl (C=O) groups is 1. The van der Waals surface area contributed by atoms with Crippen molar-refractivity contribution < 1.29 is 14.3 Å². The lowest BCUT2D eigenvalue weighted by atomic mass is 9.89. The van der Waals surface area contributed by atoms with Crippen LogP contribution in [0.2, 0.25) is 0 Å². The Balaban J connectivity index is 2.03. The minimum absolute atomic E-state index is 0.0361. The Morgan fingerprint density at radius 3 is 2.94 bits per heavy atom. The van der Waals surface area contributed by atoms with Crippen LogP contribution in [0.4, 0.5) is 4.39 Å². The zero-order valence-electron chi connectivity index (χ0n) is 9.69. The van der Waals surface area contributed by atoms with Crippen molar-refractivity contribution in [3.8, 4) is 0 Å². The van der Waals surface area contributed by atoms with Gasteiger partial charge in [-0.3, -0.25) is 4.79 Å². The van der Waals surface area contributed by atoms with Crippen molar-refractivity contribution in [2.75, 3.05) is 13.1 Å². The second-order valence-corrected chi connectivity index (χ2v) is 4.48. The predicted molar refractivity (Wildman–Crippen MR) is 60.0 cm³/mol. The number of hydrogen-bond acceptors (Lipinski definition) is 3. The predicted octanol–water partition coefficient (Wildman–Crippen LogP) is 1.21. The van der Waals surface area contributed by atoms with E-state index in [0.29, 0.717) is 6.42 Å². The van der Waals surface area contributed by atoms with Crippen LogP contribution in [0.3, 0.4) is 0 Å². The number of rotatable bonds is 3. The van der Waals surface area contributed by atoms with Gasteiger partial charge in [0, 0.05) is 6.20 Å². The van der Waals surface area contributed by atoms with Crippen LogP contribution in [0, 0.1) is 5.95 Å². The maximum absolute atomic E-state index is 13.3. The average molecular weight is 238 g/mol. The highest BCUT2D eigenvalue weighted by atomic mass is 19.1. The van der Waals surface area contributed by atoms with Crippen molar-refractivity contribution in [1.82, 2.24) is 9.88 Å². The van der Waals surface area contributed by atoms with Gasteiger partial charge >= 0.3 is 0 Å². The Morgan fingerprint density at radius 2 is 2.35 bits per heavy atom. The molecule has 0 saturated carbocycles. The summed E-state index contributed by atoms with van der Waals surface area (Å²) in [4.78, 5) is 16.8. The van der Waals surface area contributed by atoms with Crippen LogP contribution in [-0.4, -0.2) is 39.6 Å². The lowest BCUT2D eigenvalue weighted by Crippen LogP contribution is -2.63. The van der Waals surface area contributed by atoms with Gasteiger partial charge in [-0.15, -0.1) is 0 Å². The Kier molecular flexibility index (Phi) is 3.11. The van der Waals surface area contributed by atoms with Crippen LogP contribution >= 0.6 is 0 Å². The van der Waals surface area contributed by atoms with Gasteiger partial charge in [-0.25, -0.2) is 4.98 Å². The molecule has 0 atom stereocenters. The highest BCUT2D eigenvalue weighted by molar-refractivity contribution is 5.94. The standard InChI is InChI=1S/C12H15FN2O2/c1-2-5-12(17)7-15(8-12)11(16)9-4-3-6-14-10(9)13/h3-4,6,17H,2,5,7-8H2,1H3. The molecule has 2 rings (SSSR count). The summed E-state index contributed by atoms with van der Waals surface area (Å²) in [5.41, 5.74) is -0.825. The fraction of sp³-hybridized carbons (Fsp3) is 0.500. The largest absolute Gasteiger partial charge is 0.386 e. The fourth-order valence-electron chi connectivity index (χ4n) is 2.15. The zero-order valence-corrected chi connectivity index (χ0v) is 9.69. The van der Waals surface area contributed by atoms with Crippen LogP contribution in [-0.2, 0) is 0 Å². The van der Waals surface area contributed by atoms with E-state index >= 15 is 0 Å². The molecule has 4 nitrogen and oxygen atoms in total. The third-order valence-electron chi connectivity index (χ3n) is 2.96. The van der Waals surface area contributed by atoms with Crippen molar-refractivity contribution in [3.05, 3.63) is 29.8 Å². The molecule has 1 saturated heterocycles. The van der Waals surface area contributed by atoms with E-state index in [1.807, 2.05) is 6.92 Å². The molecule has 2 heterocycles. The minimum atomic E-state index is -0.789. The SMILES string of the molecule is CCCC1(O)CN(C(=O)c2cccnc2F)C1. The molecule has 0 aliphatic carbocycles. The maximum atomic E-state index is 13.3. The molecule has 1 aromatic heterocycles. The van der Waals surface area contributed by atoms with E-state index in [1.54, 1.807) is 0 Å². The molecule has 92 valence electrons. The highest BCUT2D eigenvalue weighted by Gasteiger charge is 2.43. The average Bonchev–Trinajstić information content (AvgIpc) is 2.26. The molecule has 1 amide bonds. The van der Waals surface area contributed by atoms with Gasteiger partial charge in [0.15, 0.2) is 0 Å². The van der Waals surface area contributed by atoms with E-state index < -0.39 is 17.5 Å². The van der Waals surface area contributed by atoms with Crippen LogP contribution in [0.15, 0.2) is 18.3 Å². The summed E-state index contributed by atoms with van der Waals surface area (Å²) in [7, 11) is 0. The summed E-state index contributed by atoms with van der Waals surface area (Å²) < 4.78 is 13.3. The van der Waals surface area contributed by atoms with Gasteiger partial charge in [0.1, 0.15) is 0 Å². The number of amides is 1. The Bertz CT molecular complexity index is 430. The number of hydrogen-bond donors (Lipinski definition) is 1. The molecule has 0 spiro atoms. The molecular weight excluding hydrogens is 223 g/mol. The summed E-state index contributed by atoms with van der Waals surface area (Å²) in [6.45, 7) is 2.52. The molecule has 1 aliphatic rings. The van der Waals surface area contributed by atoms with Crippen molar-refractivity contribution in [3.63, 3.8) is 0 Å². The first-order valence-corrected chi connectivity index (χ1v) is 5.68. The van der Waals surface area contributed by atoms with Gasteiger partial charge in [-0.2, -0.15) is 4.39 Å². The topological polar surface area (TPSA) is 53.4 Å². The second kappa shape index (κ2) is 4.41. The van der Waals surface area contributed by atoms with E-state index in [2.05, 4.69) is 4.98 Å². The Hall–Kier alpha value is -1.49. The fourth-order valence-corrected chi connectivity index (χ4v) is 2.15. The maximum Gasteiger partial charge on any atom is 0.258 e. The summed E-state index contributed by atoms with van der Waals surface area (Å²) in [6, 6.07) is 2.93. The molecule has 17 heavy (non-hydrogen) atoms. The molecule has 1 aromatic rings. The van der Waals surface area contributed by atoms with Gasteiger partial charge in [0.25, 0.3) is 5.91 Å². The Morgan fingerprint density at radius 1 is 1.65 bits per heavy atom. The monoisotopic (exact) mass is 238 g/mol. The van der Waals surface area contributed by atoms with E-state index in [4.69, 9.17) is 0 Å². The van der Waals surface area contributed by atoms with Crippen molar-refractivity contribution in [1.29, 1.82) is 0 Å². The normalized spacial score (nSPS) is 17.7. The zero-order chi connectivity index (χ0) is 12.5. The number of β-amino-alcohol motifs (C(OH)–C–C–N with tert-alkyl or cyclic N) is 1. The number of aliphatic hydroxyl groups is 1. The molecule has 0 radical (unpaired) electrons. The molecule has 1 fully saturated rings. The van der Waals surface area contributed by atoms with Gasteiger partial charge in [-0.1, -0.05) is 13.3 Å². The molecule has 0 aromatic carbocycles. The number of carbonyl (C=O) groups excluding carboxylic acids is 1. The van der Waals surface area contributed by atoms with Gasteiger partial charge in [0.05, 0.1) is 24.3 Å². The quantitative estimate of drug-likeness (QED) is 0.805. The first-order valence-electron chi connectivity index (χ1n) is 5.68. The highest BCUT2D eigenvalue weighted by Crippen LogP contribution is 2.27. The minimum Gasteiger partial charge on any atom is -0.386 e. The number of pyridine rings is 1. The van der Waals surface area contributed by atoms with Crippen molar-refractivity contribution in [2.45, 2.75) is 25.4 Å². The van der Waals surface area contributed by atoms with Crippen LogP contribution < -0.4 is 0 Å². The van der Waals surface area contributed by atoms with Crippen molar-refractivity contribution in [2.24, 2.45) is 0 Å². The van der Waals surface area contributed by atoms with Crippen molar-refractivity contribution >= 4 is 5.91 Å². The molecule has 1 aliphatic heterocycles. The number of aromatic nitrogens is 1. The van der Waals surface area contributed by atoms with Gasteiger partial charge in [0.2, 0.25) is 5.95 Å². The molecule has 0 bridgehead atoms. The molecule has 5 heteroatoms. The first kappa shape index (κ1) is 12.0. The van der Waals surface area contributed by atoms with Crippen LogP contribution in [0.5, 0.6) is 0 Å². The van der Waals surface area contributed by atoms with Crippen LogP contribution in [0.1, 0.15) is 30.1 Å². The number of nitrogens with zero attached hydrogens (tertiary/aromatic N) is 2.